The smallest absolute Gasteiger partial charge is 0.165 e. The lowest BCUT2D eigenvalue weighted by atomic mass is 9.86. The fraction of sp³-hybridized carbons (Fsp3) is 0.318. The number of hydrogen-bond acceptors (Lipinski definition) is 4. The molecule has 1 aromatic heterocycles. The lowest BCUT2D eigenvalue weighted by molar-refractivity contribution is -0.117. The minimum absolute atomic E-state index is 0.0429. The molecule has 5 heteroatoms. The molecule has 0 aliphatic heterocycles. The second-order valence-corrected chi connectivity index (χ2v) is 6.92. The maximum atomic E-state index is 12.7. The average molecular weight is 363 g/mol. The Morgan fingerprint density at radius 1 is 1.15 bits per heavy atom. The van der Waals surface area contributed by atoms with Crippen LogP contribution in [0.15, 0.2) is 54.6 Å². The minimum Gasteiger partial charge on any atom is -0.506 e. The summed E-state index contributed by atoms with van der Waals surface area (Å²) in [5.41, 5.74) is 3.38. The van der Waals surface area contributed by atoms with Gasteiger partial charge in [-0.3, -0.25) is 4.79 Å². The van der Waals surface area contributed by atoms with Crippen molar-refractivity contribution >= 4 is 16.8 Å². The van der Waals surface area contributed by atoms with Crippen molar-refractivity contribution in [2.45, 2.75) is 45.4 Å². The number of fused-ring (bicyclic) bond motifs is 1. The number of ketones is 1. The highest BCUT2D eigenvalue weighted by molar-refractivity contribution is 5.99. The monoisotopic (exact) mass is 363 g/mol. The van der Waals surface area contributed by atoms with Gasteiger partial charge < -0.3 is 5.11 Å². The van der Waals surface area contributed by atoms with E-state index in [0.29, 0.717) is 11.3 Å². The maximum Gasteiger partial charge on any atom is 0.165 e. The first-order chi connectivity index (χ1) is 13.0. The maximum absolute atomic E-state index is 12.7. The lowest BCUT2D eigenvalue weighted by Crippen LogP contribution is -2.14. The summed E-state index contributed by atoms with van der Waals surface area (Å²) in [6, 6.07) is 12.8. The van der Waals surface area contributed by atoms with E-state index in [-0.39, 0.29) is 17.5 Å². The summed E-state index contributed by atoms with van der Waals surface area (Å²) in [7, 11) is 0. The summed E-state index contributed by atoms with van der Waals surface area (Å²) in [4.78, 5) is 14.1. The molecule has 140 valence electrons. The molecule has 0 bridgehead atoms. The number of unbranched alkanes of at least 4 members (excludes halogenated alkanes) is 2. The molecule has 0 fully saturated rings. The number of hydrogen-bond donors (Lipinski definition) is 1. The van der Waals surface area contributed by atoms with Gasteiger partial charge in [-0.25, -0.2) is 0 Å². The summed E-state index contributed by atoms with van der Waals surface area (Å²) in [5, 5.41) is 19.2. The highest BCUT2D eigenvalue weighted by Gasteiger charge is 2.22. The van der Waals surface area contributed by atoms with Gasteiger partial charge in [0.25, 0.3) is 0 Å². The zero-order chi connectivity index (χ0) is 19.4. The van der Waals surface area contributed by atoms with E-state index >= 15 is 0 Å². The minimum atomic E-state index is -0.265. The number of Topliss-reactive ketones (excluding diaryl/α,β-unsaturated/α-hetero) is 1. The number of carbonyl (C=O) groups excluding carboxylic acids is 1. The van der Waals surface area contributed by atoms with Gasteiger partial charge >= 0.3 is 0 Å². The summed E-state index contributed by atoms with van der Waals surface area (Å²) in [6.45, 7) is 7.72. The zero-order valence-corrected chi connectivity index (χ0v) is 15.9. The summed E-state index contributed by atoms with van der Waals surface area (Å²) in [6.07, 6.45) is 3.91. The Kier molecular flexibility index (Phi) is 5.69. The Morgan fingerprint density at radius 3 is 2.41 bits per heavy atom. The van der Waals surface area contributed by atoms with Crippen molar-refractivity contribution in [1.82, 2.24) is 15.0 Å². The van der Waals surface area contributed by atoms with E-state index in [9.17, 15) is 9.90 Å². The number of phenols is 1. The van der Waals surface area contributed by atoms with Crippen molar-refractivity contribution in [2.75, 3.05) is 0 Å². The van der Waals surface area contributed by atoms with Crippen LogP contribution in [-0.2, 0) is 4.79 Å². The molecule has 3 rings (SSSR count). The lowest BCUT2D eigenvalue weighted by Gasteiger charge is -2.17. The van der Waals surface area contributed by atoms with Crippen molar-refractivity contribution in [1.29, 1.82) is 0 Å². The Hall–Kier alpha value is -2.95. The van der Waals surface area contributed by atoms with Gasteiger partial charge in [-0.2, -0.15) is 0 Å². The Labute approximate surface area is 159 Å². The molecule has 1 N–H and O–H groups in total. The van der Waals surface area contributed by atoms with Gasteiger partial charge in [0.1, 0.15) is 22.5 Å². The van der Waals surface area contributed by atoms with E-state index in [2.05, 4.69) is 23.7 Å². The number of aromatic nitrogens is 3. The Bertz CT molecular complexity index is 942. The van der Waals surface area contributed by atoms with Crippen LogP contribution in [-0.4, -0.2) is 25.9 Å². The third-order valence-electron chi connectivity index (χ3n) is 4.74. The average Bonchev–Trinajstić information content (AvgIpc) is 3.09. The quantitative estimate of drug-likeness (QED) is 0.455. The predicted molar refractivity (Wildman–Crippen MR) is 107 cm³/mol. The summed E-state index contributed by atoms with van der Waals surface area (Å²) < 4.78 is 0. The molecule has 3 aromatic rings. The Morgan fingerprint density at radius 2 is 1.81 bits per heavy atom. The molecule has 0 aliphatic rings. The van der Waals surface area contributed by atoms with Crippen molar-refractivity contribution in [2.24, 2.45) is 0 Å². The molecule has 27 heavy (non-hydrogen) atoms. The van der Waals surface area contributed by atoms with Crippen LogP contribution in [0.3, 0.4) is 0 Å². The second-order valence-electron chi connectivity index (χ2n) is 6.92. The van der Waals surface area contributed by atoms with Gasteiger partial charge in [0.15, 0.2) is 5.78 Å². The molecule has 0 amide bonds. The van der Waals surface area contributed by atoms with Gasteiger partial charge in [-0.15, -0.1) is 15.0 Å². The molecule has 0 radical (unpaired) electrons. The molecule has 0 spiro atoms. The third-order valence-corrected chi connectivity index (χ3v) is 4.74. The third kappa shape index (κ3) is 4.08. The molecule has 1 heterocycles. The van der Waals surface area contributed by atoms with Gasteiger partial charge in [-0.1, -0.05) is 51.0 Å². The van der Waals surface area contributed by atoms with Crippen molar-refractivity contribution < 1.29 is 9.90 Å². The predicted octanol–water partition coefficient (Wildman–Crippen LogP) is 4.94. The number of allylic oxidation sites excluding steroid dienone is 1. The van der Waals surface area contributed by atoms with E-state index in [1.54, 1.807) is 19.1 Å². The first kappa shape index (κ1) is 18.8. The largest absolute Gasteiger partial charge is 0.506 e. The van der Waals surface area contributed by atoms with E-state index < -0.39 is 0 Å². The molecule has 0 aliphatic carbocycles. The number of aromatic hydroxyl groups is 1. The first-order valence-corrected chi connectivity index (χ1v) is 9.36. The van der Waals surface area contributed by atoms with Crippen LogP contribution < -0.4 is 0 Å². The zero-order valence-electron chi connectivity index (χ0n) is 15.9. The van der Waals surface area contributed by atoms with Crippen LogP contribution in [0.25, 0.3) is 16.7 Å². The normalized spacial score (nSPS) is 12.2. The fourth-order valence-electron chi connectivity index (χ4n) is 3.23. The van der Waals surface area contributed by atoms with Crippen molar-refractivity contribution in [3.05, 3.63) is 60.2 Å². The van der Waals surface area contributed by atoms with Crippen LogP contribution >= 0.6 is 0 Å². The highest BCUT2D eigenvalue weighted by Crippen LogP contribution is 2.31. The van der Waals surface area contributed by atoms with Gasteiger partial charge in [0.05, 0.1) is 0 Å². The topological polar surface area (TPSA) is 68.0 Å². The molecule has 0 saturated carbocycles. The number of benzene rings is 2. The van der Waals surface area contributed by atoms with E-state index in [0.717, 1.165) is 42.3 Å². The van der Waals surface area contributed by atoms with Crippen LogP contribution in [0, 0.1) is 0 Å². The highest BCUT2D eigenvalue weighted by atomic mass is 16.3. The van der Waals surface area contributed by atoms with Crippen LogP contribution in [0.1, 0.15) is 51.0 Å². The van der Waals surface area contributed by atoms with Gasteiger partial charge in [0.2, 0.25) is 0 Å². The molecule has 1 unspecified atom stereocenters. The van der Waals surface area contributed by atoms with E-state index in [1.165, 1.54) is 4.80 Å². The molecular formula is C22H25N3O2. The second kappa shape index (κ2) is 8.16. The number of carbonyl (C=O) groups is 1. The SMILES string of the molecule is C=C(C)C(=O)C(CCCCC)c1ccc(O)c(-n2nc3ccccc3n2)c1. The standard InChI is InChI=1S/C22H25N3O2/c1-4-5-6-9-17(22(27)15(2)3)16-12-13-21(26)20(14-16)25-23-18-10-7-8-11-19(18)24-25/h7-8,10-14,17,26H,2,4-6,9H2,1,3H3. The summed E-state index contributed by atoms with van der Waals surface area (Å²) in [5.74, 6) is -0.145. The van der Waals surface area contributed by atoms with Crippen molar-refractivity contribution in [3.8, 4) is 11.4 Å². The molecule has 0 saturated heterocycles. The first-order valence-electron chi connectivity index (χ1n) is 9.36. The van der Waals surface area contributed by atoms with Crippen molar-refractivity contribution in [3.63, 3.8) is 0 Å². The van der Waals surface area contributed by atoms with Gasteiger partial charge in [-0.05, 0) is 48.7 Å². The molecule has 1 atom stereocenters. The summed E-state index contributed by atoms with van der Waals surface area (Å²) >= 11 is 0. The molecular weight excluding hydrogens is 338 g/mol. The van der Waals surface area contributed by atoms with Gasteiger partial charge in [0, 0.05) is 5.92 Å². The van der Waals surface area contributed by atoms with Crippen LogP contribution in [0.2, 0.25) is 0 Å². The number of rotatable bonds is 8. The van der Waals surface area contributed by atoms with E-state index in [1.807, 2.05) is 30.3 Å². The fourth-order valence-corrected chi connectivity index (χ4v) is 3.23. The molecule has 5 nitrogen and oxygen atoms in total. The van der Waals surface area contributed by atoms with E-state index in [4.69, 9.17) is 0 Å². The van der Waals surface area contributed by atoms with Crippen LogP contribution in [0.4, 0.5) is 0 Å². The Balaban J connectivity index is 2.00. The molecule has 2 aromatic carbocycles. The number of phenolic OH excluding ortho intramolecular Hbond substituents is 1. The number of nitrogens with zero attached hydrogens (tertiary/aromatic N) is 3. The van der Waals surface area contributed by atoms with Crippen LogP contribution in [0.5, 0.6) is 5.75 Å².